The van der Waals surface area contributed by atoms with E-state index in [0.717, 1.165) is 37.8 Å². The molecule has 1 amide bonds. The summed E-state index contributed by atoms with van der Waals surface area (Å²) in [5, 5.41) is 2.99. The second-order valence-electron chi connectivity index (χ2n) is 6.56. The third-order valence-electron chi connectivity index (χ3n) is 4.54. The van der Waals surface area contributed by atoms with Crippen molar-refractivity contribution in [2.75, 3.05) is 13.6 Å². The average molecular weight is 371 g/mol. The quantitative estimate of drug-likeness (QED) is 0.762. The first-order valence-corrected chi connectivity index (χ1v) is 10.00. The monoisotopic (exact) mass is 371 g/mol. The first-order chi connectivity index (χ1) is 11.8. The number of nitrogens with zero attached hydrogens (tertiary/aromatic N) is 1. The Morgan fingerprint density at radius 3 is 2.44 bits per heavy atom. The molecule has 3 N–H and O–H groups in total. The van der Waals surface area contributed by atoms with Gasteiger partial charge in [0.1, 0.15) is 5.82 Å². The molecule has 140 valence electrons. The molecule has 1 fully saturated rings. The number of carbonyl (C=O) groups is 1. The van der Waals surface area contributed by atoms with Crippen LogP contribution in [0.2, 0.25) is 0 Å². The molecule has 0 aliphatic heterocycles. The van der Waals surface area contributed by atoms with Crippen molar-refractivity contribution in [3.63, 3.8) is 0 Å². The van der Waals surface area contributed by atoms with Crippen LogP contribution < -0.4 is 11.1 Å². The van der Waals surface area contributed by atoms with Crippen molar-refractivity contribution in [3.05, 3.63) is 30.1 Å². The number of nitrogens with one attached hydrogen (secondary N) is 1. The van der Waals surface area contributed by atoms with E-state index in [2.05, 4.69) is 5.32 Å². The molecule has 1 saturated carbocycles. The molecule has 0 radical (unpaired) electrons. The van der Waals surface area contributed by atoms with E-state index in [9.17, 15) is 17.6 Å². The Labute approximate surface area is 148 Å². The highest BCUT2D eigenvalue weighted by Crippen LogP contribution is 2.17. The van der Waals surface area contributed by atoms with Crippen LogP contribution in [-0.4, -0.2) is 44.3 Å². The zero-order valence-electron chi connectivity index (χ0n) is 14.4. The Balaban J connectivity index is 1.76. The van der Waals surface area contributed by atoms with Gasteiger partial charge in [0.25, 0.3) is 0 Å². The van der Waals surface area contributed by atoms with E-state index in [1.165, 1.54) is 23.5 Å². The van der Waals surface area contributed by atoms with Crippen LogP contribution in [0.4, 0.5) is 4.39 Å². The van der Waals surface area contributed by atoms with Crippen molar-refractivity contribution < 1.29 is 17.6 Å². The number of amides is 1. The van der Waals surface area contributed by atoms with Crippen LogP contribution in [-0.2, 0) is 14.8 Å². The summed E-state index contributed by atoms with van der Waals surface area (Å²) in [4.78, 5) is 12.0. The summed E-state index contributed by atoms with van der Waals surface area (Å²) >= 11 is 0. The van der Waals surface area contributed by atoms with E-state index < -0.39 is 15.8 Å². The number of rotatable bonds is 7. The molecule has 6 nitrogen and oxygen atoms in total. The molecule has 25 heavy (non-hydrogen) atoms. The number of carbonyl (C=O) groups excluding carboxylic acids is 1. The van der Waals surface area contributed by atoms with Gasteiger partial charge in [0, 0.05) is 32.1 Å². The van der Waals surface area contributed by atoms with Crippen molar-refractivity contribution in [1.29, 1.82) is 0 Å². The minimum atomic E-state index is -3.67. The highest BCUT2D eigenvalue weighted by atomic mass is 32.2. The standard InChI is InChI=1S/C17H26FN3O3S/c1-21(25(23,24)16-10-4-13(18)5-11-16)12-2-3-17(22)20-15-8-6-14(19)7-9-15/h4-5,10-11,14-15H,2-3,6-9,12,19H2,1H3,(H,20,22). The number of hydrogen-bond donors (Lipinski definition) is 2. The topological polar surface area (TPSA) is 92.5 Å². The van der Waals surface area contributed by atoms with Gasteiger partial charge in [0.2, 0.25) is 15.9 Å². The lowest BCUT2D eigenvalue weighted by molar-refractivity contribution is -0.122. The molecular formula is C17H26FN3O3S. The SMILES string of the molecule is CN(CCCC(=O)NC1CCC(N)CC1)S(=O)(=O)c1ccc(F)cc1. The van der Waals surface area contributed by atoms with Crippen LogP contribution in [0.15, 0.2) is 29.2 Å². The maximum Gasteiger partial charge on any atom is 0.242 e. The summed E-state index contributed by atoms with van der Waals surface area (Å²) in [5.74, 6) is -0.546. The molecule has 0 bridgehead atoms. The Bertz CT molecular complexity index is 671. The third-order valence-corrected chi connectivity index (χ3v) is 6.41. The van der Waals surface area contributed by atoms with Gasteiger partial charge in [-0.25, -0.2) is 17.1 Å². The lowest BCUT2D eigenvalue weighted by atomic mass is 9.92. The minimum Gasteiger partial charge on any atom is -0.353 e. The fourth-order valence-electron chi connectivity index (χ4n) is 2.93. The summed E-state index contributed by atoms with van der Waals surface area (Å²) in [6, 6.07) is 5.11. The van der Waals surface area contributed by atoms with Gasteiger partial charge in [-0.3, -0.25) is 4.79 Å². The van der Waals surface area contributed by atoms with Crippen LogP contribution in [0.1, 0.15) is 38.5 Å². The summed E-state index contributed by atoms with van der Waals surface area (Å²) in [5.41, 5.74) is 5.84. The Hall–Kier alpha value is -1.51. The summed E-state index contributed by atoms with van der Waals surface area (Å²) in [6.07, 6.45) is 4.32. The van der Waals surface area contributed by atoms with Gasteiger partial charge in [-0.1, -0.05) is 0 Å². The van der Waals surface area contributed by atoms with Gasteiger partial charge >= 0.3 is 0 Å². The Morgan fingerprint density at radius 2 is 1.84 bits per heavy atom. The lowest BCUT2D eigenvalue weighted by Gasteiger charge is -2.26. The van der Waals surface area contributed by atoms with Crippen LogP contribution in [0.25, 0.3) is 0 Å². The predicted octanol–water partition coefficient (Wildman–Crippen LogP) is 1.61. The molecule has 0 unspecified atom stereocenters. The second-order valence-corrected chi connectivity index (χ2v) is 8.61. The predicted molar refractivity (Wildman–Crippen MR) is 93.8 cm³/mol. The number of hydrogen-bond acceptors (Lipinski definition) is 4. The highest BCUT2D eigenvalue weighted by Gasteiger charge is 2.22. The van der Waals surface area contributed by atoms with Gasteiger partial charge in [0.15, 0.2) is 0 Å². The molecule has 1 aliphatic carbocycles. The summed E-state index contributed by atoms with van der Waals surface area (Å²) < 4.78 is 38.8. The number of halogens is 1. The van der Waals surface area contributed by atoms with Gasteiger partial charge in [-0.2, -0.15) is 0 Å². The molecule has 1 aliphatic rings. The highest BCUT2D eigenvalue weighted by molar-refractivity contribution is 7.89. The second kappa shape index (κ2) is 8.73. The van der Waals surface area contributed by atoms with E-state index in [-0.39, 0.29) is 35.9 Å². The van der Waals surface area contributed by atoms with Crippen LogP contribution >= 0.6 is 0 Å². The zero-order valence-corrected chi connectivity index (χ0v) is 15.3. The van der Waals surface area contributed by atoms with Crippen molar-refractivity contribution in [2.45, 2.75) is 55.5 Å². The molecule has 0 spiro atoms. The van der Waals surface area contributed by atoms with Gasteiger partial charge in [-0.15, -0.1) is 0 Å². The minimum absolute atomic E-state index is 0.0411. The lowest BCUT2D eigenvalue weighted by Crippen LogP contribution is -2.40. The number of sulfonamides is 1. The number of nitrogens with two attached hydrogens (primary N) is 1. The molecular weight excluding hydrogens is 345 g/mol. The van der Waals surface area contributed by atoms with Crippen LogP contribution in [0.5, 0.6) is 0 Å². The normalized spacial score (nSPS) is 21.3. The molecule has 0 atom stereocenters. The fourth-order valence-corrected chi connectivity index (χ4v) is 4.14. The summed E-state index contributed by atoms with van der Waals surface area (Å²) in [6.45, 7) is 0.225. The van der Waals surface area contributed by atoms with E-state index in [1.54, 1.807) is 0 Å². The van der Waals surface area contributed by atoms with Crippen molar-refractivity contribution in [2.24, 2.45) is 5.73 Å². The smallest absolute Gasteiger partial charge is 0.242 e. The van der Waals surface area contributed by atoms with Crippen molar-refractivity contribution in [3.8, 4) is 0 Å². The average Bonchev–Trinajstić information content (AvgIpc) is 2.57. The van der Waals surface area contributed by atoms with Gasteiger partial charge < -0.3 is 11.1 Å². The molecule has 0 heterocycles. The molecule has 0 aromatic heterocycles. The third kappa shape index (κ3) is 5.76. The molecule has 1 aromatic rings. The molecule has 1 aromatic carbocycles. The van der Waals surface area contributed by atoms with E-state index in [1.807, 2.05) is 0 Å². The van der Waals surface area contributed by atoms with Crippen molar-refractivity contribution >= 4 is 15.9 Å². The maximum atomic E-state index is 12.9. The molecule has 2 rings (SSSR count). The Kier molecular flexibility index (Phi) is 6.92. The Morgan fingerprint density at radius 1 is 1.24 bits per heavy atom. The van der Waals surface area contributed by atoms with E-state index >= 15 is 0 Å². The van der Waals surface area contributed by atoms with Crippen molar-refractivity contribution in [1.82, 2.24) is 9.62 Å². The largest absolute Gasteiger partial charge is 0.353 e. The van der Waals surface area contributed by atoms with Gasteiger partial charge in [0.05, 0.1) is 4.90 Å². The van der Waals surface area contributed by atoms with E-state index in [4.69, 9.17) is 5.73 Å². The van der Waals surface area contributed by atoms with E-state index in [0.29, 0.717) is 6.42 Å². The maximum absolute atomic E-state index is 12.9. The molecule has 0 saturated heterocycles. The zero-order chi connectivity index (χ0) is 18.4. The number of benzene rings is 1. The fraction of sp³-hybridized carbons (Fsp3) is 0.588. The molecule has 8 heteroatoms. The van der Waals surface area contributed by atoms with Crippen LogP contribution in [0.3, 0.4) is 0 Å². The van der Waals surface area contributed by atoms with Gasteiger partial charge in [-0.05, 0) is 56.4 Å². The first-order valence-electron chi connectivity index (χ1n) is 8.56. The van der Waals surface area contributed by atoms with Crippen LogP contribution in [0, 0.1) is 5.82 Å². The first kappa shape index (κ1) is 19.8. The summed E-state index contributed by atoms with van der Waals surface area (Å²) in [7, 11) is -2.21.